The largest absolute Gasteiger partial charge is 0.347 e. The first-order valence-electron chi connectivity index (χ1n) is 6.92. The van der Waals surface area contributed by atoms with Gasteiger partial charge in [0.15, 0.2) is 0 Å². The van der Waals surface area contributed by atoms with Crippen molar-refractivity contribution >= 4 is 23.4 Å². The highest BCUT2D eigenvalue weighted by Gasteiger charge is 2.23. The van der Waals surface area contributed by atoms with Crippen LogP contribution in [-0.4, -0.2) is 30.3 Å². The molecule has 0 aromatic heterocycles. The van der Waals surface area contributed by atoms with Crippen LogP contribution in [0.3, 0.4) is 0 Å². The van der Waals surface area contributed by atoms with Crippen LogP contribution < -0.4 is 5.32 Å². The van der Waals surface area contributed by atoms with Crippen molar-refractivity contribution in [2.24, 2.45) is 5.41 Å². The minimum Gasteiger partial charge on any atom is -0.347 e. The highest BCUT2D eigenvalue weighted by molar-refractivity contribution is 6.30. The Bertz CT molecular complexity index is 523. The number of hydrogen-bond acceptors (Lipinski definition) is 2. The summed E-state index contributed by atoms with van der Waals surface area (Å²) in [7, 11) is 1.72. The molecule has 1 rings (SSSR count). The van der Waals surface area contributed by atoms with Gasteiger partial charge in [-0.25, -0.2) is 0 Å². The Balaban J connectivity index is 2.64. The number of rotatable bonds is 4. The molecule has 0 bridgehead atoms. The van der Waals surface area contributed by atoms with Crippen molar-refractivity contribution in [3.8, 4) is 0 Å². The van der Waals surface area contributed by atoms with Gasteiger partial charge >= 0.3 is 0 Å². The second kappa shape index (κ2) is 6.94. The molecule has 2 amide bonds. The summed E-state index contributed by atoms with van der Waals surface area (Å²) in [6.07, 6.45) is 0. The molecule has 1 N–H and O–H groups in total. The number of halogens is 1. The number of likely N-dealkylation sites (N-methyl/N-ethyl adjacent to an activating group) is 1. The van der Waals surface area contributed by atoms with E-state index in [0.29, 0.717) is 5.02 Å². The van der Waals surface area contributed by atoms with Crippen molar-refractivity contribution in [3.05, 3.63) is 34.9 Å². The summed E-state index contributed by atoms with van der Waals surface area (Å²) in [6.45, 7) is 7.36. The van der Waals surface area contributed by atoms with Crippen molar-refractivity contribution in [2.75, 3.05) is 13.6 Å². The van der Waals surface area contributed by atoms with E-state index in [-0.39, 0.29) is 24.4 Å². The van der Waals surface area contributed by atoms with Crippen molar-refractivity contribution in [2.45, 2.75) is 33.7 Å². The number of nitrogens with zero attached hydrogens (tertiary/aromatic N) is 1. The molecule has 1 atom stereocenters. The first-order valence-corrected chi connectivity index (χ1v) is 7.30. The van der Waals surface area contributed by atoms with E-state index in [0.717, 1.165) is 5.56 Å². The van der Waals surface area contributed by atoms with Crippen LogP contribution >= 0.6 is 11.6 Å². The van der Waals surface area contributed by atoms with Crippen LogP contribution in [-0.2, 0) is 9.59 Å². The zero-order valence-electron chi connectivity index (χ0n) is 13.2. The summed E-state index contributed by atoms with van der Waals surface area (Å²) in [5.41, 5.74) is 0.456. The third kappa shape index (κ3) is 5.05. The summed E-state index contributed by atoms with van der Waals surface area (Å²) in [5.74, 6) is -0.278. The second-order valence-electron chi connectivity index (χ2n) is 6.17. The molecule has 0 aliphatic rings. The van der Waals surface area contributed by atoms with Gasteiger partial charge in [0.05, 0.1) is 12.6 Å². The smallest absolute Gasteiger partial charge is 0.242 e. The van der Waals surface area contributed by atoms with Crippen molar-refractivity contribution in [3.63, 3.8) is 0 Å². The van der Waals surface area contributed by atoms with Gasteiger partial charge in [-0.15, -0.1) is 0 Å². The number of amides is 2. The minimum atomic E-state index is -0.503. The van der Waals surface area contributed by atoms with Crippen LogP contribution in [0.25, 0.3) is 0 Å². The predicted molar refractivity (Wildman–Crippen MR) is 85.1 cm³/mol. The molecule has 0 radical (unpaired) electrons. The fourth-order valence-corrected chi connectivity index (χ4v) is 1.95. The zero-order chi connectivity index (χ0) is 16.2. The lowest BCUT2D eigenvalue weighted by Gasteiger charge is -2.26. The Labute approximate surface area is 131 Å². The van der Waals surface area contributed by atoms with Crippen LogP contribution in [0.15, 0.2) is 24.3 Å². The van der Waals surface area contributed by atoms with Gasteiger partial charge in [0, 0.05) is 17.5 Å². The zero-order valence-corrected chi connectivity index (χ0v) is 14.0. The Hall–Kier alpha value is -1.55. The molecular weight excluding hydrogens is 288 g/mol. The number of hydrogen-bond donors (Lipinski definition) is 1. The van der Waals surface area contributed by atoms with Gasteiger partial charge in [-0.2, -0.15) is 0 Å². The van der Waals surface area contributed by atoms with Crippen LogP contribution in [0.1, 0.15) is 39.3 Å². The topological polar surface area (TPSA) is 49.4 Å². The molecule has 0 aliphatic heterocycles. The van der Waals surface area contributed by atoms with Crippen LogP contribution in [0, 0.1) is 5.41 Å². The molecule has 4 nitrogen and oxygen atoms in total. The summed E-state index contributed by atoms with van der Waals surface area (Å²) >= 11 is 5.97. The molecule has 0 fully saturated rings. The summed E-state index contributed by atoms with van der Waals surface area (Å²) in [6, 6.07) is 7.30. The molecule has 1 aromatic rings. The average molecular weight is 311 g/mol. The second-order valence-corrected chi connectivity index (χ2v) is 6.60. The van der Waals surface area contributed by atoms with E-state index in [4.69, 9.17) is 11.6 Å². The molecule has 1 aromatic carbocycles. The number of carbonyl (C=O) groups excluding carboxylic acids is 2. The fraction of sp³-hybridized carbons (Fsp3) is 0.500. The molecule has 0 saturated carbocycles. The minimum absolute atomic E-state index is 0.00247. The Morgan fingerprint density at radius 3 is 2.48 bits per heavy atom. The highest BCUT2D eigenvalue weighted by Crippen LogP contribution is 2.21. The summed E-state index contributed by atoms with van der Waals surface area (Å²) in [5, 5.41) is 3.30. The van der Waals surface area contributed by atoms with Crippen molar-refractivity contribution in [1.82, 2.24) is 10.2 Å². The third-order valence-electron chi connectivity index (χ3n) is 3.39. The van der Waals surface area contributed by atoms with E-state index in [2.05, 4.69) is 5.32 Å². The molecule has 0 heterocycles. The van der Waals surface area contributed by atoms with Crippen LogP contribution in [0.5, 0.6) is 0 Å². The Morgan fingerprint density at radius 2 is 1.95 bits per heavy atom. The van der Waals surface area contributed by atoms with E-state index in [1.54, 1.807) is 18.0 Å². The lowest BCUT2D eigenvalue weighted by atomic mass is 9.96. The lowest BCUT2D eigenvalue weighted by molar-refractivity contribution is -0.135. The molecule has 0 saturated heterocycles. The SMILES string of the molecule is CC(c1cccc(Cl)c1)N(C)C(=O)CNC(=O)C(C)(C)C. The maximum atomic E-state index is 12.2. The maximum absolute atomic E-state index is 12.2. The van der Waals surface area contributed by atoms with Crippen molar-refractivity contribution < 1.29 is 9.59 Å². The summed E-state index contributed by atoms with van der Waals surface area (Å²) < 4.78 is 0. The van der Waals surface area contributed by atoms with E-state index in [1.165, 1.54) is 0 Å². The average Bonchev–Trinajstić information content (AvgIpc) is 2.41. The number of carbonyl (C=O) groups is 2. The first-order chi connectivity index (χ1) is 9.62. The molecule has 116 valence electrons. The molecule has 0 spiro atoms. The van der Waals surface area contributed by atoms with Gasteiger partial charge < -0.3 is 10.2 Å². The van der Waals surface area contributed by atoms with Gasteiger partial charge in [0.25, 0.3) is 0 Å². The summed E-state index contributed by atoms with van der Waals surface area (Å²) in [4.78, 5) is 25.5. The standard InChI is InChI=1S/C16H23ClN2O2/c1-11(12-7-6-8-13(17)9-12)19(5)14(20)10-18-15(21)16(2,3)4/h6-9,11H,10H2,1-5H3,(H,18,21). The van der Waals surface area contributed by atoms with E-state index >= 15 is 0 Å². The molecule has 1 unspecified atom stereocenters. The Morgan fingerprint density at radius 1 is 1.33 bits per heavy atom. The van der Waals surface area contributed by atoms with Crippen molar-refractivity contribution in [1.29, 1.82) is 0 Å². The maximum Gasteiger partial charge on any atom is 0.242 e. The van der Waals surface area contributed by atoms with E-state index in [1.807, 2.05) is 45.9 Å². The first kappa shape index (κ1) is 17.5. The van der Waals surface area contributed by atoms with Crippen LogP contribution in [0.2, 0.25) is 5.02 Å². The third-order valence-corrected chi connectivity index (χ3v) is 3.62. The predicted octanol–water partition coefficient (Wildman–Crippen LogP) is 3.02. The quantitative estimate of drug-likeness (QED) is 0.929. The van der Waals surface area contributed by atoms with Gasteiger partial charge in [0.2, 0.25) is 11.8 Å². The highest BCUT2D eigenvalue weighted by atomic mass is 35.5. The van der Waals surface area contributed by atoms with Gasteiger partial charge in [-0.1, -0.05) is 44.5 Å². The Kier molecular flexibility index (Phi) is 5.78. The lowest BCUT2D eigenvalue weighted by Crippen LogP contribution is -2.42. The normalized spacial score (nSPS) is 12.7. The van der Waals surface area contributed by atoms with Gasteiger partial charge in [-0.05, 0) is 24.6 Å². The van der Waals surface area contributed by atoms with E-state index < -0.39 is 5.41 Å². The monoisotopic (exact) mass is 310 g/mol. The fourth-order valence-electron chi connectivity index (χ4n) is 1.75. The number of benzene rings is 1. The van der Waals surface area contributed by atoms with Crippen LogP contribution in [0.4, 0.5) is 0 Å². The van der Waals surface area contributed by atoms with Gasteiger partial charge in [-0.3, -0.25) is 9.59 Å². The number of nitrogens with one attached hydrogen (secondary N) is 1. The van der Waals surface area contributed by atoms with Gasteiger partial charge in [0.1, 0.15) is 0 Å². The molecule has 21 heavy (non-hydrogen) atoms. The van der Waals surface area contributed by atoms with E-state index in [9.17, 15) is 9.59 Å². The molecular formula is C16H23ClN2O2. The molecule has 0 aliphatic carbocycles. The molecule has 5 heteroatoms.